The molecule has 0 bridgehead atoms. The molecule has 0 unspecified atom stereocenters. The third-order valence-corrected chi connectivity index (χ3v) is 0.994. The van der Waals surface area contributed by atoms with E-state index in [1.54, 1.807) is 0 Å². The van der Waals surface area contributed by atoms with Gasteiger partial charge in [-0.05, 0) is 6.42 Å². The molecule has 9 heavy (non-hydrogen) atoms. The zero-order valence-corrected chi connectivity index (χ0v) is 5.18. The molecule has 0 atom stereocenters. The van der Waals surface area contributed by atoms with Crippen molar-refractivity contribution in [3.63, 3.8) is 0 Å². The van der Waals surface area contributed by atoms with Crippen molar-refractivity contribution in [1.82, 2.24) is 0 Å². The van der Waals surface area contributed by atoms with Gasteiger partial charge in [-0.1, -0.05) is 19.8 Å². The fourth-order valence-electron chi connectivity index (χ4n) is 0.526. The fraction of sp³-hybridized carbons (Fsp3) is 0.833. The third-order valence-electron chi connectivity index (χ3n) is 0.994. The van der Waals surface area contributed by atoms with Crippen molar-refractivity contribution in [3.05, 3.63) is 0 Å². The summed E-state index contributed by atoms with van der Waals surface area (Å²) in [6.07, 6.45) is 3.28. The van der Waals surface area contributed by atoms with Crippen LogP contribution in [-0.4, -0.2) is 60.0 Å². The minimum absolute atomic E-state index is 0. The molecule has 0 saturated heterocycles. The Morgan fingerprint density at radius 3 is 2.33 bits per heavy atom. The van der Waals surface area contributed by atoms with E-state index in [-0.39, 0.29) is 48.9 Å². The minimum atomic E-state index is -0.682. The monoisotopic (exact) mass is 256 g/mol. The summed E-state index contributed by atoms with van der Waals surface area (Å²) in [5.41, 5.74) is 0. The molecular weight excluding hydrogens is 241 g/mol. The average Bonchev–Trinajstić information content (AvgIpc) is 1.66. The first-order valence-electron chi connectivity index (χ1n) is 2.99. The molecule has 2 nitrogen and oxygen atoms in total. The fourth-order valence-corrected chi connectivity index (χ4v) is 0.526. The van der Waals surface area contributed by atoms with Gasteiger partial charge in [0.05, 0.1) is 0 Å². The van der Waals surface area contributed by atoms with Crippen LogP contribution in [0.15, 0.2) is 0 Å². The Labute approximate surface area is 96.1 Å². The summed E-state index contributed by atoms with van der Waals surface area (Å²) in [4.78, 5) is 9.87. The molecule has 0 aromatic rings. The molecule has 0 heterocycles. The molecule has 1 N–H and O–H groups in total. The Balaban J connectivity index is 0. The SMILES string of the molecule is CCCCCC(=O)O.[BaH2]. The Bertz CT molecular complexity index is 73.5. The predicted molar refractivity (Wildman–Crippen MR) is 40.3 cm³/mol. The maximum absolute atomic E-state index is 9.87. The van der Waals surface area contributed by atoms with Gasteiger partial charge in [-0.15, -0.1) is 0 Å². The van der Waals surface area contributed by atoms with Gasteiger partial charge in [-0.3, -0.25) is 4.79 Å². The topological polar surface area (TPSA) is 37.3 Å². The van der Waals surface area contributed by atoms with E-state index in [2.05, 4.69) is 6.92 Å². The first-order chi connectivity index (χ1) is 3.77. The maximum atomic E-state index is 9.87. The molecule has 0 amide bonds. The molecule has 3 heteroatoms. The van der Waals surface area contributed by atoms with Gasteiger partial charge in [-0.25, -0.2) is 0 Å². The summed E-state index contributed by atoms with van der Waals surface area (Å²) in [6, 6.07) is 0. The molecule has 0 fully saturated rings. The summed E-state index contributed by atoms with van der Waals surface area (Å²) in [5.74, 6) is -0.682. The van der Waals surface area contributed by atoms with E-state index in [9.17, 15) is 4.79 Å². The van der Waals surface area contributed by atoms with Crippen LogP contribution in [0.3, 0.4) is 0 Å². The van der Waals surface area contributed by atoms with Crippen LogP contribution in [0.5, 0.6) is 0 Å². The Kier molecular flexibility index (Phi) is 12.8. The second kappa shape index (κ2) is 9.04. The molecule has 0 aromatic heterocycles. The van der Waals surface area contributed by atoms with Gasteiger partial charge in [0, 0.05) is 6.42 Å². The van der Waals surface area contributed by atoms with Crippen molar-refractivity contribution in [2.24, 2.45) is 0 Å². The number of carboxylic acids is 1. The van der Waals surface area contributed by atoms with Gasteiger partial charge < -0.3 is 5.11 Å². The second-order valence-electron chi connectivity index (χ2n) is 1.85. The van der Waals surface area contributed by atoms with Crippen LogP contribution in [0, 0.1) is 0 Å². The Morgan fingerprint density at radius 1 is 1.44 bits per heavy atom. The summed E-state index contributed by atoms with van der Waals surface area (Å²) < 4.78 is 0. The van der Waals surface area contributed by atoms with Gasteiger partial charge in [0.2, 0.25) is 0 Å². The number of carbonyl (C=O) groups is 1. The number of hydrogen-bond acceptors (Lipinski definition) is 1. The van der Waals surface area contributed by atoms with Crippen LogP contribution in [0.25, 0.3) is 0 Å². The molecule has 0 rings (SSSR count). The number of rotatable bonds is 4. The van der Waals surface area contributed by atoms with Crippen LogP contribution in [-0.2, 0) is 4.79 Å². The number of unbranched alkanes of at least 4 members (excludes halogenated alkanes) is 2. The van der Waals surface area contributed by atoms with Crippen LogP contribution in [0.1, 0.15) is 32.6 Å². The normalized spacial score (nSPS) is 8.11. The zero-order valence-electron chi connectivity index (χ0n) is 5.18. The predicted octanol–water partition coefficient (Wildman–Crippen LogP) is 0.735. The van der Waals surface area contributed by atoms with Crippen molar-refractivity contribution in [3.8, 4) is 0 Å². The first kappa shape index (κ1) is 12.7. The summed E-state index contributed by atoms with van der Waals surface area (Å²) in [6.45, 7) is 2.06. The Hall–Kier alpha value is 1.04. The molecule has 52 valence electrons. The van der Waals surface area contributed by atoms with E-state index >= 15 is 0 Å². The molecule has 0 aliphatic rings. The van der Waals surface area contributed by atoms with E-state index < -0.39 is 5.97 Å². The van der Waals surface area contributed by atoms with Gasteiger partial charge in [0.1, 0.15) is 0 Å². The van der Waals surface area contributed by atoms with Gasteiger partial charge in [0.15, 0.2) is 0 Å². The molecular formula is C6H14BaO2. The quantitative estimate of drug-likeness (QED) is 0.594. The van der Waals surface area contributed by atoms with Gasteiger partial charge in [-0.2, -0.15) is 0 Å². The van der Waals surface area contributed by atoms with E-state index in [1.165, 1.54) is 0 Å². The van der Waals surface area contributed by atoms with Crippen molar-refractivity contribution >= 4 is 54.9 Å². The molecule has 0 aliphatic heterocycles. The van der Waals surface area contributed by atoms with Crippen LogP contribution >= 0.6 is 0 Å². The van der Waals surface area contributed by atoms with E-state index in [0.29, 0.717) is 6.42 Å². The van der Waals surface area contributed by atoms with Crippen molar-refractivity contribution in [2.75, 3.05) is 0 Å². The molecule has 0 spiro atoms. The summed E-state index contributed by atoms with van der Waals surface area (Å²) >= 11 is 0. The second-order valence-corrected chi connectivity index (χ2v) is 1.85. The zero-order chi connectivity index (χ0) is 6.41. The van der Waals surface area contributed by atoms with Crippen LogP contribution in [0.4, 0.5) is 0 Å². The van der Waals surface area contributed by atoms with E-state index in [4.69, 9.17) is 5.11 Å². The first-order valence-corrected chi connectivity index (χ1v) is 2.99. The van der Waals surface area contributed by atoms with Crippen LogP contribution in [0.2, 0.25) is 0 Å². The van der Waals surface area contributed by atoms with Crippen molar-refractivity contribution in [1.29, 1.82) is 0 Å². The Morgan fingerprint density at radius 2 is 2.00 bits per heavy atom. The number of hydrogen-bond donors (Lipinski definition) is 1. The average molecular weight is 256 g/mol. The molecule has 0 radical (unpaired) electrons. The third kappa shape index (κ3) is 12.3. The molecule has 0 aromatic carbocycles. The summed E-state index contributed by atoms with van der Waals surface area (Å²) in [5, 5.41) is 8.14. The standard InChI is InChI=1S/C6H12O2.Ba.2H/c1-2-3-4-5-6(7)8;;;/h2-5H2,1H3,(H,7,8);;;. The van der Waals surface area contributed by atoms with Gasteiger partial charge in [0.25, 0.3) is 0 Å². The van der Waals surface area contributed by atoms with Crippen molar-refractivity contribution < 1.29 is 9.90 Å². The molecule has 0 saturated carbocycles. The van der Waals surface area contributed by atoms with Crippen molar-refractivity contribution in [2.45, 2.75) is 32.6 Å². The van der Waals surface area contributed by atoms with Gasteiger partial charge >= 0.3 is 54.9 Å². The summed E-state index contributed by atoms with van der Waals surface area (Å²) in [7, 11) is 0. The molecule has 0 aliphatic carbocycles. The number of carboxylic acid groups (broad SMARTS) is 1. The van der Waals surface area contributed by atoms with E-state index in [0.717, 1.165) is 19.3 Å². The van der Waals surface area contributed by atoms with E-state index in [1.807, 2.05) is 0 Å². The van der Waals surface area contributed by atoms with Crippen LogP contribution < -0.4 is 0 Å². The number of aliphatic carboxylic acids is 1.